The lowest BCUT2D eigenvalue weighted by Crippen LogP contribution is -2.32. The van der Waals surface area contributed by atoms with Crippen molar-refractivity contribution in [1.82, 2.24) is 0 Å². The molecule has 18 heavy (non-hydrogen) atoms. The van der Waals surface area contributed by atoms with Gasteiger partial charge in [0, 0.05) is 35.4 Å². The summed E-state index contributed by atoms with van der Waals surface area (Å²) in [5.41, 5.74) is 0.701. The van der Waals surface area contributed by atoms with Crippen molar-refractivity contribution in [3.8, 4) is 0 Å². The van der Waals surface area contributed by atoms with Crippen molar-refractivity contribution in [1.29, 1.82) is 0 Å². The van der Waals surface area contributed by atoms with Crippen LogP contribution in [-0.4, -0.2) is 25.0 Å². The summed E-state index contributed by atoms with van der Waals surface area (Å²) in [6, 6.07) is 7.74. The van der Waals surface area contributed by atoms with Gasteiger partial charge in [-0.15, -0.1) is 23.2 Å². The van der Waals surface area contributed by atoms with Crippen molar-refractivity contribution in [3.05, 3.63) is 34.9 Å². The van der Waals surface area contributed by atoms with Gasteiger partial charge in [-0.05, 0) is 24.5 Å². The van der Waals surface area contributed by atoms with Crippen molar-refractivity contribution in [3.63, 3.8) is 0 Å². The zero-order valence-corrected chi connectivity index (χ0v) is 12.9. The third-order valence-electron chi connectivity index (χ3n) is 3.03. The second-order valence-corrected chi connectivity index (χ2v) is 5.33. The van der Waals surface area contributed by atoms with Gasteiger partial charge in [0.25, 0.3) is 0 Å². The van der Waals surface area contributed by atoms with Gasteiger partial charge in [0.15, 0.2) is 0 Å². The second kappa shape index (κ2) is 8.27. The molecule has 0 fully saturated rings. The molecule has 4 heteroatoms. The first kappa shape index (κ1) is 16.1. The molecule has 0 aliphatic carbocycles. The minimum absolute atomic E-state index is 0.310. The van der Waals surface area contributed by atoms with E-state index >= 15 is 0 Å². The Morgan fingerprint density at radius 3 is 2.33 bits per heavy atom. The predicted molar refractivity (Wildman–Crippen MR) is 80.3 cm³/mol. The smallest absolute Gasteiger partial charge is 0.0475 e. The average Bonchev–Trinajstić information content (AvgIpc) is 2.41. The van der Waals surface area contributed by atoms with Crippen LogP contribution in [0.4, 0.5) is 0 Å². The van der Waals surface area contributed by atoms with Crippen molar-refractivity contribution < 1.29 is 4.74 Å². The van der Waals surface area contributed by atoms with Crippen LogP contribution in [0.15, 0.2) is 24.3 Å². The predicted octanol–water partition coefficient (Wildman–Crippen LogP) is 4.87. The van der Waals surface area contributed by atoms with Gasteiger partial charge in [0.05, 0.1) is 0 Å². The molecule has 1 aromatic rings. The summed E-state index contributed by atoms with van der Waals surface area (Å²) >= 11 is 18.5. The highest BCUT2D eigenvalue weighted by Gasteiger charge is 2.32. The first-order chi connectivity index (χ1) is 8.70. The molecule has 1 aromatic carbocycles. The Balaban J connectivity index is 2.83. The van der Waals surface area contributed by atoms with Gasteiger partial charge in [-0.3, -0.25) is 0 Å². The number of hydrogen-bond donors (Lipinski definition) is 0. The SMILES string of the molecule is CCCOCCC(CCl)(CCl)c1ccccc1Cl. The Kier molecular flexibility index (Phi) is 7.40. The fraction of sp³-hybridized carbons (Fsp3) is 0.571. The van der Waals surface area contributed by atoms with Crippen LogP contribution in [0.3, 0.4) is 0 Å². The molecular weight excluding hydrogens is 291 g/mol. The summed E-state index contributed by atoms with van der Waals surface area (Å²) in [4.78, 5) is 0. The number of ether oxygens (including phenoxy) is 1. The molecule has 0 N–H and O–H groups in total. The number of alkyl halides is 2. The quantitative estimate of drug-likeness (QED) is 0.491. The van der Waals surface area contributed by atoms with Crippen molar-refractivity contribution in [2.24, 2.45) is 0 Å². The molecule has 0 unspecified atom stereocenters. The largest absolute Gasteiger partial charge is 0.381 e. The van der Waals surface area contributed by atoms with E-state index in [9.17, 15) is 0 Å². The normalized spacial score (nSPS) is 11.8. The van der Waals surface area contributed by atoms with E-state index in [0.717, 1.165) is 25.0 Å². The first-order valence-electron chi connectivity index (χ1n) is 6.15. The Hall–Kier alpha value is 0.0500. The van der Waals surface area contributed by atoms with Crippen molar-refractivity contribution in [2.45, 2.75) is 25.2 Å². The third kappa shape index (κ3) is 4.03. The molecule has 0 spiro atoms. The Morgan fingerprint density at radius 2 is 1.78 bits per heavy atom. The molecule has 0 amide bonds. The van der Waals surface area contributed by atoms with E-state index in [2.05, 4.69) is 6.92 Å². The summed E-state index contributed by atoms with van der Waals surface area (Å²) in [5.74, 6) is 0.880. The standard InChI is InChI=1S/C14H19Cl3O/c1-2-8-18-9-7-14(10-15,11-16)12-5-3-4-6-13(12)17/h3-6H,2,7-11H2,1H3. The lowest BCUT2D eigenvalue weighted by atomic mass is 9.81. The van der Waals surface area contributed by atoms with Crippen molar-refractivity contribution >= 4 is 34.8 Å². The topological polar surface area (TPSA) is 9.23 Å². The molecule has 0 aliphatic heterocycles. The molecule has 0 saturated heterocycles. The zero-order chi connectivity index (χ0) is 13.4. The Labute approximate surface area is 124 Å². The van der Waals surface area contributed by atoms with Crippen molar-refractivity contribution in [2.75, 3.05) is 25.0 Å². The van der Waals surface area contributed by atoms with Crippen LogP contribution in [0, 0.1) is 0 Å². The summed E-state index contributed by atoms with van der Waals surface area (Å²) in [7, 11) is 0. The van der Waals surface area contributed by atoms with Crippen LogP contribution in [0.25, 0.3) is 0 Å². The maximum absolute atomic E-state index is 6.25. The van der Waals surface area contributed by atoms with Gasteiger partial charge in [-0.25, -0.2) is 0 Å². The van der Waals surface area contributed by atoms with Crippen LogP contribution in [0.5, 0.6) is 0 Å². The fourth-order valence-electron chi connectivity index (χ4n) is 1.85. The minimum Gasteiger partial charge on any atom is -0.381 e. The van der Waals surface area contributed by atoms with E-state index in [1.54, 1.807) is 0 Å². The molecule has 0 aromatic heterocycles. The third-order valence-corrected chi connectivity index (χ3v) is 4.38. The average molecular weight is 310 g/mol. The summed E-state index contributed by atoms with van der Waals surface area (Å²) < 4.78 is 5.54. The van der Waals surface area contributed by atoms with Gasteiger partial charge in [0.1, 0.15) is 0 Å². The molecule has 1 nitrogen and oxygen atoms in total. The molecule has 1 rings (SSSR count). The van der Waals surface area contributed by atoms with E-state index in [-0.39, 0.29) is 5.41 Å². The molecule has 102 valence electrons. The van der Waals surface area contributed by atoms with E-state index in [1.165, 1.54) is 0 Å². The number of benzene rings is 1. The lowest BCUT2D eigenvalue weighted by Gasteiger charge is -2.31. The molecule has 0 radical (unpaired) electrons. The van der Waals surface area contributed by atoms with E-state index in [1.807, 2.05) is 24.3 Å². The van der Waals surface area contributed by atoms with E-state index in [4.69, 9.17) is 39.5 Å². The second-order valence-electron chi connectivity index (χ2n) is 4.39. The van der Waals surface area contributed by atoms with E-state index in [0.29, 0.717) is 23.4 Å². The van der Waals surface area contributed by atoms with E-state index < -0.39 is 0 Å². The summed E-state index contributed by atoms with van der Waals surface area (Å²) in [6.45, 7) is 3.51. The summed E-state index contributed by atoms with van der Waals surface area (Å²) in [6.07, 6.45) is 1.80. The maximum Gasteiger partial charge on any atom is 0.0475 e. The van der Waals surface area contributed by atoms with Gasteiger partial charge in [-0.1, -0.05) is 36.7 Å². The molecular formula is C14H19Cl3O. The van der Waals surface area contributed by atoms with Gasteiger partial charge in [0.2, 0.25) is 0 Å². The lowest BCUT2D eigenvalue weighted by molar-refractivity contribution is 0.119. The highest BCUT2D eigenvalue weighted by molar-refractivity contribution is 6.32. The Bertz CT molecular complexity index is 351. The number of hydrogen-bond acceptors (Lipinski definition) is 1. The Morgan fingerprint density at radius 1 is 1.11 bits per heavy atom. The first-order valence-corrected chi connectivity index (χ1v) is 7.59. The maximum atomic E-state index is 6.25. The fourth-order valence-corrected chi connectivity index (χ4v) is 3.03. The van der Waals surface area contributed by atoms with Gasteiger partial charge < -0.3 is 4.74 Å². The highest BCUT2D eigenvalue weighted by Crippen LogP contribution is 2.35. The van der Waals surface area contributed by atoms with Crippen LogP contribution >= 0.6 is 34.8 Å². The van der Waals surface area contributed by atoms with Crippen LogP contribution in [0.1, 0.15) is 25.3 Å². The zero-order valence-electron chi connectivity index (χ0n) is 10.6. The van der Waals surface area contributed by atoms with Gasteiger partial charge >= 0.3 is 0 Å². The van der Waals surface area contributed by atoms with Crippen LogP contribution in [0.2, 0.25) is 5.02 Å². The monoisotopic (exact) mass is 308 g/mol. The number of rotatable bonds is 8. The summed E-state index contributed by atoms with van der Waals surface area (Å²) in [5, 5.41) is 0.717. The van der Waals surface area contributed by atoms with Gasteiger partial charge in [-0.2, -0.15) is 0 Å². The molecule has 0 atom stereocenters. The highest BCUT2D eigenvalue weighted by atomic mass is 35.5. The molecule has 0 aliphatic rings. The van der Waals surface area contributed by atoms with Crippen LogP contribution in [-0.2, 0) is 10.2 Å². The minimum atomic E-state index is -0.310. The number of halogens is 3. The molecule has 0 saturated carbocycles. The molecule has 0 heterocycles. The van der Waals surface area contributed by atoms with Crippen LogP contribution < -0.4 is 0 Å². The molecule has 0 bridgehead atoms.